The smallest absolute Gasteiger partial charge is 0.202 e. The van der Waals surface area contributed by atoms with Crippen LogP contribution >= 0.6 is 0 Å². The molecule has 0 rings (SSSR count). The summed E-state index contributed by atoms with van der Waals surface area (Å²) in [7, 11) is -13.5. The molecule has 0 heterocycles. The summed E-state index contributed by atoms with van der Waals surface area (Å²) in [5.74, 6) is 0. The lowest BCUT2D eigenvalue weighted by Gasteiger charge is -2.32. The molecule has 13 heteroatoms. The highest BCUT2D eigenvalue weighted by atomic mass is 32.3. The number of alkyl halides is 6. The van der Waals surface area contributed by atoms with Crippen molar-refractivity contribution in [1.82, 2.24) is 3.71 Å². The van der Waals surface area contributed by atoms with Gasteiger partial charge in [-0.15, -0.1) is 0 Å². The van der Waals surface area contributed by atoms with E-state index in [4.69, 9.17) is 0 Å². The Kier molecular flexibility index (Phi) is 17.2. The third-order valence-electron chi connectivity index (χ3n) is 7.88. The quantitative estimate of drug-likeness (QED) is 0.0896. The van der Waals surface area contributed by atoms with Crippen LogP contribution in [0.25, 0.3) is 0 Å². The molecule has 5 nitrogen and oxygen atoms in total. The molecule has 0 aliphatic rings. The molecule has 0 aromatic carbocycles. The molecular formula is C26H49F6NO4S2. The highest BCUT2D eigenvalue weighted by molar-refractivity contribution is 8.04. The minimum Gasteiger partial charge on any atom is -0.202 e. The van der Waals surface area contributed by atoms with Gasteiger partial charge in [-0.1, -0.05) is 121 Å². The normalized spacial score (nSPS) is 14.7. The second-order valence-electron chi connectivity index (χ2n) is 10.6. The van der Waals surface area contributed by atoms with Crippen molar-refractivity contribution in [2.45, 2.75) is 160 Å². The number of hydrogen-bond acceptors (Lipinski definition) is 4. The van der Waals surface area contributed by atoms with Gasteiger partial charge in [-0.2, -0.15) is 26.3 Å². The van der Waals surface area contributed by atoms with E-state index in [0.717, 1.165) is 45.4 Å². The summed E-state index contributed by atoms with van der Waals surface area (Å²) in [4.78, 5) is 0. The molecule has 0 spiro atoms. The first kappa shape index (κ1) is 38.4. The van der Waals surface area contributed by atoms with E-state index in [1.54, 1.807) is 0 Å². The van der Waals surface area contributed by atoms with E-state index in [1.165, 1.54) is 44.9 Å². The molecule has 0 aromatic heterocycles. The Balaban J connectivity index is 4.83. The molecule has 0 bridgehead atoms. The third-order valence-corrected chi connectivity index (χ3v) is 11.8. The van der Waals surface area contributed by atoms with Crippen LogP contribution in [-0.2, 0) is 20.0 Å². The molecule has 0 amide bonds. The van der Waals surface area contributed by atoms with E-state index in [9.17, 15) is 43.2 Å². The first-order chi connectivity index (χ1) is 18.0. The second kappa shape index (κ2) is 17.4. The molecule has 0 N–H and O–H groups in total. The second-order valence-corrected chi connectivity index (χ2v) is 14.4. The van der Waals surface area contributed by atoms with Crippen LogP contribution in [0.1, 0.15) is 143 Å². The molecule has 0 saturated carbocycles. The Morgan fingerprint density at radius 3 is 1.26 bits per heavy atom. The summed E-state index contributed by atoms with van der Waals surface area (Å²) < 4.78 is 124. The maximum absolute atomic E-state index is 13.1. The number of halogens is 6. The minimum absolute atomic E-state index is 0.113. The standard InChI is InChI=1S/C26H49F6NO4S2/c1-5-9-10-11-15-18-21-24(7-3,8-4)22-19-16-13-12-14-17-20-23(6-2)33(38(34,35)25(27,28)29)39(36,37)26(30,31)32/h23H,5-22H2,1-4H3. The maximum atomic E-state index is 13.1. The Labute approximate surface area is 232 Å². The first-order valence-corrected chi connectivity index (χ1v) is 17.3. The van der Waals surface area contributed by atoms with Crippen molar-refractivity contribution in [3.05, 3.63) is 0 Å². The molecule has 1 atom stereocenters. The molecular weight excluding hydrogens is 568 g/mol. The number of unbranched alkanes of at least 4 members (excludes halogenated alkanes) is 10. The van der Waals surface area contributed by atoms with Crippen molar-refractivity contribution in [3.63, 3.8) is 0 Å². The predicted octanol–water partition coefficient (Wildman–Crippen LogP) is 9.44. The van der Waals surface area contributed by atoms with E-state index in [2.05, 4.69) is 20.8 Å². The van der Waals surface area contributed by atoms with E-state index in [0.29, 0.717) is 18.3 Å². The van der Waals surface area contributed by atoms with Crippen LogP contribution in [0.3, 0.4) is 0 Å². The number of rotatable bonds is 22. The van der Waals surface area contributed by atoms with Crippen molar-refractivity contribution >= 4 is 20.0 Å². The lowest BCUT2D eigenvalue weighted by molar-refractivity contribution is -0.0546. The summed E-state index contributed by atoms with van der Waals surface area (Å²) in [6, 6.07) is -1.97. The monoisotopic (exact) mass is 617 g/mol. The summed E-state index contributed by atoms with van der Waals surface area (Å²) in [6.07, 6.45) is 15.3. The summed E-state index contributed by atoms with van der Waals surface area (Å²) in [5, 5.41) is 0. The molecule has 0 aliphatic heterocycles. The molecule has 0 saturated heterocycles. The first-order valence-electron chi connectivity index (χ1n) is 14.4. The Morgan fingerprint density at radius 1 is 0.564 bits per heavy atom. The van der Waals surface area contributed by atoms with Gasteiger partial charge < -0.3 is 0 Å². The maximum Gasteiger partial charge on any atom is 0.512 e. The van der Waals surface area contributed by atoms with Gasteiger partial charge in [0.2, 0.25) is 0 Å². The number of sulfonamides is 2. The highest BCUT2D eigenvalue weighted by Gasteiger charge is 2.63. The van der Waals surface area contributed by atoms with E-state index in [-0.39, 0.29) is 6.42 Å². The van der Waals surface area contributed by atoms with Gasteiger partial charge in [-0.05, 0) is 31.1 Å². The largest absolute Gasteiger partial charge is 0.512 e. The van der Waals surface area contributed by atoms with Crippen LogP contribution in [0.4, 0.5) is 26.3 Å². The van der Waals surface area contributed by atoms with E-state index < -0.39 is 53.7 Å². The van der Waals surface area contributed by atoms with Crippen molar-refractivity contribution in [2.24, 2.45) is 5.41 Å². The van der Waals surface area contributed by atoms with Gasteiger partial charge >= 0.3 is 31.1 Å². The summed E-state index contributed by atoms with van der Waals surface area (Å²) in [5.41, 5.74) is -12.0. The molecule has 0 fully saturated rings. The topological polar surface area (TPSA) is 71.5 Å². The Morgan fingerprint density at radius 2 is 0.923 bits per heavy atom. The SMILES string of the molecule is CCCCCCCCC(CC)(CC)CCCCCCCCC(CC)N(S(=O)(=O)C(F)(F)F)S(=O)(=O)C(F)(F)F. The zero-order valence-electron chi connectivity index (χ0n) is 24.0. The molecule has 0 aliphatic carbocycles. The fourth-order valence-electron chi connectivity index (χ4n) is 5.13. The van der Waals surface area contributed by atoms with Crippen molar-refractivity contribution < 1.29 is 43.2 Å². The van der Waals surface area contributed by atoms with Gasteiger partial charge in [-0.25, -0.2) is 16.8 Å². The average molecular weight is 618 g/mol. The van der Waals surface area contributed by atoms with Crippen molar-refractivity contribution in [3.8, 4) is 0 Å². The molecule has 1 unspecified atom stereocenters. The van der Waals surface area contributed by atoms with Crippen LogP contribution in [0.15, 0.2) is 0 Å². The zero-order valence-corrected chi connectivity index (χ0v) is 25.6. The fourth-order valence-corrected chi connectivity index (χ4v) is 8.38. The van der Waals surface area contributed by atoms with Crippen LogP contribution in [0.5, 0.6) is 0 Å². The van der Waals surface area contributed by atoms with Gasteiger partial charge in [0.1, 0.15) is 0 Å². The third kappa shape index (κ3) is 12.1. The number of nitrogens with zero attached hydrogens (tertiary/aromatic N) is 1. The minimum atomic E-state index is -6.75. The van der Waals surface area contributed by atoms with Crippen molar-refractivity contribution in [1.29, 1.82) is 0 Å². The molecule has 39 heavy (non-hydrogen) atoms. The van der Waals surface area contributed by atoms with Gasteiger partial charge in [-0.3, -0.25) is 0 Å². The fraction of sp³-hybridized carbons (Fsp3) is 1.00. The van der Waals surface area contributed by atoms with Crippen LogP contribution in [0.2, 0.25) is 0 Å². The van der Waals surface area contributed by atoms with Crippen LogP contribution < -0.4 is 0 Å². The van der Waals surface area contributed by atoms with Gasteiger partial charge in [0.15, 0.2) is 0 Å². The predicted molar refractivity (Wildman–Crippen MR) is 144 cm³/mol. The van der Waals surface area contributed by atoms with Gasteiger partial charge in [0.25, 0.3) is 0 Å². The van der Waals surface area contributed by atoms with Gasteiger partial charge in [0.05, 0.1) is 0 Å². The van der Waals surface area contributed by atoms with Crippen LogP contribution in [-0.4, -0.2) is 37.6 Å². The zero-order chi connectivity index (χ0) is 30.4. The highest BCUT2D eigenvalue weighted by Crippen LogP contribution is 2.39. The van der Waals surface area contributed by atoms with Gasteiger partial charge in [0, 0.05) is 6.04 Å². The molecule has 236 valence electrons. The molecule has 0 aromatic rings. The van der Waals surface area contributed by atoms with Crippen LogP contribution in [0, 0.1) is 5.41 Å². The lowest BCUT2D eigenvalue weighted by Crippen LogP contribution is -2.53. The van der Waals surface area contributed by atoms with E-state index >= 15 is 0 Å². The number of hydrogen-bond donors (Lipinski definition) is 0. The average Bonchev–Trinajstić information content (AvgIpc) is 2.84. The van der Waals surface area contributed by atoms with E-state index in [1.807, 2.05) is 0 Å². The van der Waals surface area contributed by atoms with Crippen molar-refractivity contribution in [2.75, 3.05) is 0 Å². The summed E-state index contributed by atoms with van der Waals surface area (Å²) >= 11 is 0. The Hall–Kier alpha value is -0.560. The molecule has 0 radical (unpaired) electrons. The Bertz CT molecular complexity index is 826. The summed E-state index contributed by atoms with van der Waals surface area (Å²) in [6.45, 7) is 7.82. The lowest BCUT2D eigenvalue weighted by atomic mass is 9.74.